The number of likely N-dealkylation sites (tertiary alicyclic amines) is 1. The third-order valence-corrected chi connectivity index (χ3v) is 3.68. The Balaban J connectivity index is 2.42. The van der Waals surface area contributed by atoms with Crippen LogP contribution < -0.4 is 0 Å². The van der Waals surface area contributed by atoms with Gasteiger partial charge in [0.1, 0.15) is 0 Å². The van der Waals surface area contributed by atoms with Gasteiger partial charge in [0.05, 0.1) is 16.9 Å². The Labute approximate surface area is 121 Å². The van der Waals surface area contributed by atoms with Crippen molar-refractivity contribution in [2.75, 3.05) is 0 Å². The number of hydrogen-bond donors (Lipinski definition) is 1. The van der Waals surface area contributed by atoms with Crippen molar-refractivity contribution in [1.82, 2.24) is 4.90 Å². The molecule has 0 aromatic heterocycles. The van der Waals surface area contributed by atoms with Crippen molar-refractivity contribution < 1.29 is 19.6 Å². The van der Waals surface area contributed by atoms with Gasteiger partial charge in [0.2, 0.25) is 5.91 Å². The molecular weight excluding hydrogens is 276 g/mol. The fourth-order valence-corrected chi connectivity index (χ4v) is 2.77. The van der Waals surface area contributed by atoms with Gasteiger partial charge in [-0.1, -0.05) is 12.1 Å². The Morgan fingerprint density at radius 3 is 2.38 bits per heavy atom. The zero-order valence-electron chi connectivity index (χ0n) is 11.7. The molecule has 1 heterocycles. The highest BCUT2D eigenvalue weighted by Crippen LogP contribution is 2.40. The number of nitrogens with zero attached hydrogens (tertiary/aromatic N) is 2. The van der Waals surface area contributed by atoms with Gasteiger partial charge in [0.25, 0.3) is 5.69 Å². The predicted octanol–water partition coefficient (Wildman–Crippen LogP) is 1.98. The van der Waals surface area contributed by atoms with E-state index in [1.54, 1.807) is 4.90 Å². The average Bonchev–Trinajstić information content (AvgIpc) is 2.76. The van der Waals surface area contributed by atoms with Gasteiger partial charge in [0, 0.05) is 24.6 Å². The first kappa shape index (κ1) is 15.0. The van der Waals surface area contributed by atoms with Crippen molar-refractivity contribution in [1.29, 1.82) is 0 Å². The number of hydrogen-bond acceptors (Lipinski definition) is 4. The first-order valence-corrected chi connectivity index (χ1v) is 6.61. The molecule has 1 aromatic carbocycles. The molecule has 0 aliphatic carbocycles. The minimum atomic E-state index is -1.03. The summed E-state index contributed by atoms with van der Waals surface area (Å²) in [6.07, 6.45) is -0.0465. The van der Waals surface area contributed by atoms with E-state index in [4.69, 9.17) is 0 Å². The summed E-state index contributed by atoms with van der Waals surface area (Å²) in [7, 11) is 0. The van der Waals surface area contributed by atoms with E-state index in [1.165, 1.54) is 24.3 Å². The van der Waals surface area contributed by atoms with Crippen molar-refractivity contribution in [2.45, 2.75) is 32.4 Å². The van der Waals surface area contributed by atoms with Gasteiger partial charge >= 0.3 is 5.97 Å². The number of rotatable bonds is 4. The molecule has 7 nitrogen and oxygen atoms in total. The quantitative estimate of drug-likeness (QED) is 0.675. The number of aliphatic carboxylic acids is 1. The zero-order valence-corrected chi connectivity index (χ0v) is 11.7. The molecule has 1 aliphatic rings. The Morgan fingerprint density at radius 1 is 1.38 bits per heavy atom. The van der Waals surface area contributed by atoms with Gasteiger partial charge in [-0.25, -0.2) is 0 Å². The summed E-state index contributed by atoms with van der Waals surface area (Å²) in [6, 6.07) is 4.97. The number of carbonyl (C=O) groups is 2. The first-order valence-electron chi connectivity index (χ1n) is 6.61. The largest absolute Gasteiger partial charge is 0.481 e. The maximum absolute atomic E-state index is 12.0. The molecule has 1 N–H and O–H groups in total. The number of nitro benzene ring substituents is 1. The minimum absolute atomic E-state index is 0.0465. The van der Waals surface area contributed by atoms with Crippen LogP contribution in [0, 0.1) is 16.0 Å². The lowest BCUT2D eigenvalue weighted by molar-refractivity contribution is -0.384. The SMILES string of the molecule is CC(C)N1C(=O)CC(C(=O)O)C1c1ccc([N+](=O)[O-])cc1. The number of carboxylic acids is 1. The topological polar surface area (TPSA) is 101 Å². The summed E-state index contributed by atoms with van der Waals surface area (Å²) in [6.45, 7) is 3.64. The maximum atomic E-state index is 12.0. The summed E-state index contributed by atoms with van der Waals surface area (Å²) < 4.78 is 0. The molecule has 1 aromatic rings. The molecule has 2 atom stereocenters. The van der Waals surface area contributed by atoms with Crippen molar-refractivity contribution in [2.24, 2.45) is 5.92 Å². The van der Waals surface area contributed by atoms with Crippen LogP contribution in [0.3, 0.4) is 0 Å². The minimum Gasteiger partial charge on any atom is -0.481 e. The predicted molar refractivity (Wildman–Crippen MR) is 73.6 cm³/mol. The second kappa shape index (κ2) is 5.51. The van der Waals surface area contributed by atoms with Crippen LogP contribution in [0.5, 0.6) is 0 Å². The lowest BCUT2D eigenvalue weighted by Gasteiger charge is -2.30. The second-order valence-corrected chi connectivity index (χ2v) is 5.34. The summed E-state index contributed by atoms with van der Waals surface area (Å²) in [5, 5.41) is 20.0. The van der Waals surface area contributed by atoms with Crippen LogP contribution in [0.4, 0.5) is 5.69 Å². The highest BCUT2D eigenvalue weighted by Gasteiger charge is 2.45. The Bertz CT molecular complexity index is 582. The third-order valence-electron chi connectivity index (χ3n) is 3.68. The van der Waals surface area contributed by atoms with Crippen LogP contribution in [0.2, 0.25) is 0 Å². The number of nitro groups is 1. The summed E-state index contributed by atoms with van der Waals surface area (Å²) in [5.41, 5.74) is 0.540. The smallest absolute Gasteiger partial charge is 0.309 e. The Hall–Kier alpha value is -2.44. The molecule has 2 unspecified atom stereocenters. The van der Waals surface area contributed by atoms with Crippen LogP contribution in [-0.2, 0) is 9.59 Å². The molecule has 0 bridgehead atoms. The highest BCUT2D eigenvalue weighted by atomic mass is 16.6. The number of carbonyl (C=O) groups excluding carboxylic acids is 1. The average molecular weight is 292 g/mol. The van der Waals surface area contributed by atoms with Crippen molar-refractivity contribution in [3.8, 4) is 0 Å². The molecular formula is C14H16N2O5. The van der Waals surface area contributed by atoms with E-state index in [-0.39, 0.29) is 24.1 Å². The van der Waals surface area contributed by atoms with Gasteiger partial charge < -0.3 is 10.0 Å². The van der Waals surface area contributed by atoms with E-state index >= 15 is 0 Å². The van der Waals surface area contributed by atoms with E-state index in [1.807, 2.05) is 13.8 Å². The molecule has 7 heteroatoms. The van der Waals surface area contributed by atoms with Gasteiger partial charge in [-0.2, -0.15) is 0 Å². The first-order chi connectivity index (χ1) is 9.82. The van der Waals surface area contributed by atoms with E-state index in [0.29, 0.717) is 5.56 Å². The highest BCUT2D eigenvalue weighted by molar-refractivity contribution is 5.87. The third kappa shape index (κ3) is 2.72. The number of non-ortho nitro benzene ring substituents is 1. The van der Waals surface area contributed by atoms with Crippen molar-refractivity contribution >= 4 is 17.6 Å². The van der Waals surface area contributed by atoms with E-state index < -0.39 is 22.9 Å². The molecule has 1 saturated heterocycles. The number of benzene rings is 1. The van der Waals surface area contributed by atoms with E-state index in [9.17, 15) is 24.8 Å². The van der Waals surface area contributed by atoms with Gasteiger partial charge in [-0.15, -0.1) is 0 Å². The van der Waals surface area contributed by atoms with Crippen LogP contribution in [0.25, 0.3) is 0 Å². The van der Waals surface area contributed by atoms with Crippen LogP contribution in [-0.4, -0.2) is 32.8 Å². The van der Waals surface area contributed by atoms with Crippen molar-refractivity contribution in [3.63, 3.8) is 0 Å². The molecule has 112 valence electrons. The van der Waals surface area contributed by atoms with Crippen molar-refractivity contribution in [3.05, 3.63) is 39.9 Å². The number of carboxylic acid groups (broad SMARTS) is 1. The molecule has 0 radical (unpaired) electrons. The molecule has 0 spiro atoms. The lowest BCUT2D eigenvalue weighted by Crippen LogP contribution is -2.36. The monoisotopic (exact) mass is 292 g/mol. The second-order valence-electron chi connectivity index (χ2n) is 5.34. The maximum Gasteiger partial charge on any atom is 0.309 e. The van der Waals surface area contributed by atoms with Gasteiger partial charge in [-0.05, 0) is 19.4 Å². The van der Waals surface area contributed by atoms with Crippen LogP contribution in [0.15, 0.2) is 24.3 Å². The van der Waals surface area contributed by atoms with Gasteiger partial charge in [-0.3, -0.25) is 19.7 Å². The van der Waals surface area contributed by atoms with E-state index in [0.717, 1.165) is 0 Å². The fraction of sp³-hybridized carbons (Fsp3) is 0.429. The van der Waals surface area contributed by atoms with E-state index in [2.05, 4.69) is 0 Å². The molecule has 21 heavy (non-hydrogen) atoms. The lowest BCUT2D eigenvalue weighted by atomic mass is 9.93. The van der Waals surface area contributed by atoms with Crippen LogP contribution in [0.1, 0.15) is 31.9 Å². The molecule has 1 fully saturated rings. The van der Waals surface area contributed by atoms with Crippen LogP contribution >= 0.6 is 0 Å². The summed E-state index contributed by atoms with van der Waals surface area (Å²) >= 11 is 0. The summed E-state index contributed by atoms with van der Waals surface area (Å²) in [4.78, 5) is 35.1. The normalized spacial score (nSPS) is 21.9. The standard InChI is InChI=1S/C14H16N2O5/c1-8(2)15-12(17)7-11(14(18)19)13(15)9-3-5-10(6-4-9)16(20)21/h3-6,8,11,13H,7H2,1-2H3,(H,18,19). The van der Waals surface area contributed by atoms with Gasteiger partial charge in [0.15, 0.2) is 0 Å². The Kier molecular flexibility index (Phi) is 3.93. The number of amides is 1. The zero-order chi connectivity index (χ0) is 15.7. The fourth-order valence-electron chi connectivity index (χ4n) is 2.77. The molecule has 1 amide bonds. The Morgan fingerprint density at radius 2 is 1.95 bits per heavy atom. The molecule has 0 saturated carbocycles. The molecule has 1 aliphatic heterocycles. The molecule has 2 rings (SSSR count). The summed E-state index contributed by atoms with van der Waals surface area (Å²) in [5.74, 6) is -2.07.